The van der Waals surface area contributed by atoms with Crippen molar-refractivity contribution in [3.05, 3.63) is 35.1 Å². The Morgan fingerprint density at radius 2 is 1.62 bits per heavy atom. The van der Waals surface area contributed by atoms with E-state index in [0.29, 0.717) is 18.8 Å². The van der Waals surface area contributed by atoms with E-state index in [-0.39, 0.29) is 24.2 Å². The zero-order valence-electron chi connectivity index (χ0n) is 15.2. The molecule has 26 heavy (non-hydrogen) atoms. The molecule has 2 fully saturated rings. The van der Waals surface area contributed by atoms with Crippen LogP contribution in [0.1, 0.15) is 56.9 Å². The van der Waals surface area contributed by atoms with Gasteiger partial charge in [-0.3, -0.25) is 0 Å². The molecule has 0 amide bonds. The summed E-state index contributed by atoms with van der Waals surface area (Å²) in [7, 11) is 0. The van der Waals surface area contributed by atoms with E-state index in [1.807, 2.05) is 0 Å². The highest BCUT2D eigenvalue weighted by Gasteiger charge is 2.33. The van der Waals surface area contributed by atoms with Crippen molar-refractivity contribution in [2.75, 3.05) is 19.8 Å². The van der Waals surface area contributed by atoms with Gasteiger partial charge >= 0.3 is 0 Å². The number of unbranched alkanes of at least 4 members (excludes halogenated alkanes) is 1. The lowest BCUT2D eigenvalue weighted by atomic mass is 9.78. The topological polar surface area (TPSA) is 27.7 Å². The highest BCUT2D eigenvalue weighted by molar-refractivity contribution is 5.23. The van der Waals surface area contributed by atoms with Crippen LogP contribution in [0.4, 0.5) is 13.2 Å². The Labute approximate surface area is 152 Å². The predicted octanol–water partition coefficient (Wildman–Crippen LogP) is 4.94. The van der Waals surface area contributed by atoms with Crippen molar-refractivity contribution in [2.24, 2.45) is 5.92 Å². The first-order chi connectivity index (χ1) is 12.6. The van der Waals surface area contributed by atoms with Crippen molar-refractivity contribution in [3.63, 3.8) is 0 Å². The van der Waals surface area contributed by atoms with Gasteiger partial charge in [0.25, 0.3) is 0 Å². The van der Waals surface area contributed by atoms with Crippen LogP contribution >= 0.6 is 0 Å². The summed E-state index contributed by atoms with van der Waals surface area (Å²) in [6.45, 7) is 3.94. The zero-order chi connectivity index (χ0) is 18.5. The van der Waals surface area contributed by atoms with Gasteiger partial charge in [-0.05, 0) is 55.7 Å². The van der Waals surface area contributed by atoms with Crippen LogP contribution in [0.2, 0.25) is 0 Å². The Kier molecular flexibility index (Phi) is 6.95. The molecule has 0 spiro atoms. The van der Waals surface area contributed by atoms with Gasteiger partial charge in [-0.1, -0.05) is 13.3 Å². The van der Waals surface area contributed by atoms with Gasteiger partial charge in [0.15, 0.2) is 23.7 Å². The van der Waals surface area contributed by atoms with Gasteiger partial charge in [-0.15, -0.1) is 0 Å². The van der Waals surface area contributed by atoms with Crippen molar-refractivity contribution < 1.29 is 27.4 Å². The summed E-state index contributed by atoms with van der Waals surface area (Å²) in [5.41, 5.74) is 0.537. The number of rotatable bonds is 6. The van der Waals surface area contributed by atoms with Gasteiger partial charge in [-0.2, -0.15) is 0 Å². The van der Waals surface area contributed by atoms with Crippen molar-refractivity contribution in [1.29, 1.82) is 0 Å². The fourth-order valence-corrected chi connectivity index (χ4v) is 3.80. The Morgan fingerprint density at radius 3 is 2.19 bits per heavy atom. The van der Waals surface area contributed by atoms with Crippen LogP contribution in [0.15, 0.2) is 12.1 Å². The van der Waals surface area contributed by atoms with Crippen molar-refractivity contribution in [1.82, 2.24) is 0 Å². The summed E-state index contributed by atoms with van der Waals surface area (Å²) in [5, 5.41) is 0. The van der Waals surface area contributed by atoms with Crippen LogP contribution in [0.5, 0.6) is 0 Å². The van der Waals surface area contributed by atoms with Crippen LogP contribution in [-0.4, -0.2) is 32.2 Å². The molecule has 1 aromatic rings. The minimum atomic E-state index is -1.40. The van der Waals surface area contributed by atoms with Gasteiger partial charge in [0.1, 0.15) is 6.10 Å². The minimum absolute atomic E-state index is 0.000644. The number of ether oxygens (including phenoxy) is 3. The average Bonchev–Trinajstić information content (AvgIpc) is 2.67. The summed E-state index contributed by atoms with van der Waals surface area (Å²) >= 11 is 0. The second-order valence-electron chi connectivity index (χ2n) is 7.29. The molecule has 0 N–H and O–H groups in total. The monoisotopic (exact) mass is 372 g/mol. The predicted molar refractivity (Wildman–Crippen MR) is 91.4 cm³/mol. The fraction of sp³-hybridized carbons (Fsp3) is 0.700. The first-order valence-electron chi connectivity index (χ1n) is 9.57. The normalized spacial score (nSPS) is 29.7. The minimum Gasteiger partial charge on any atom is -0.373 e. The maximum Gasteiger partial charge on any atom is 0.194 e. The van der Waals surface area contributed by atoms with E-state index < -0.39 is 17.5 Å². The zero-order valence-corrected chi connectivity index (χ0v) is 15.2. The van der Waals surface area contributed by atoms with E-state index >= 15 is 0 Å². The van der Waals surface area contributed by atoms with E-state index in [2.05, 4.69) is 6.92 Å². The molecule has 1 saturated carbocycles. The average molecular weight is 372 g/mol. The quantitative estimate of drug-likeness (QED) is 0.523. The van der Waals surface area contributed by atoms with Crippen LogP contribution in [-0.2, 0) is 14.2 Å². The standard InChI is InChI=1S/C20H27F3O3/c1-2-3-8-24-16-11-25-20(26-12-16)14-6-4-13(5-7-14)15-9-17(21)19(23)18(22)10-15/h9-10,13-14,16,20H,2-8,11-12H2,1H3. The third kappa shape index (κ3) is 4.78. The van der Waals surface area contributed by atoms with Gasteiger partial charge in [0, 0.05) is 12.5 Å². The third-order valence-corrected chi connectivity index (χ3v) is 5.38. The van der Waals surface area contributed by atoms with E-state index in [9.17, 15) is 13.2 Å². The van der Waals surface area contributed by atoms with E-state index in [0.717, 1.165) is 57.3 Å². The van der Waals surface area contributed by atoms with E-state index in [1.54, 1.807) is 0 Å². The van der Waals surface area contributed by atoms with Crippen molar-refractivity contribution in [3.8, 4) is 0 Å². The van der Waals surface area contributed by atoms with Crippen LogP contribution in [0.25, 0.3) is 0 Å². The maximum absolute atomic E-state index is 13.4. The highest BCUT2D eigenvalue weighted by Crippen LogP contribution is 2.39. The van der Waals surface area contributed by atoms with Gasteiger partial charge in [-0.25, -0.2) is 13.2 Å². The molecule has 146 valence electrons. The molecule has 3 nitrogen and oxygen atoms in total. The summed E-state index contributed by atoms with van der Waals surface area (Å²) in [6, 6.07) is 2.24. The Balaban J connectivity index is 1.46. The summed E-state index contributed by atoms with van der Waals surface area (Å²) in [6.07, 6.45) is 5.19. The summed E-state index contributed by atoms with van der Waals surface area (Å²) in [5.74, 6) is -3.31. The maximum atomic E-state index is 13.4. The smallest absolute Gasteiger partial charge is 0.194 e. The lowest BCUT2D eigenvalue weighted by Gasteiger charge is -2.37. The lowest BCUT2D eigenvalue weighted by molar-refractivity contribution is -0.249. The molecule has 0 unspecified atom stereocenters. The molecule has 1 aliphatic heterocycles. The second-order valence-corrected chi connectivity index (χ2v) is 7.29. The molecule has 0 bridgehead atoms. The summed E-state index contributed by atoms with van der Waals surface area (Å²) in [4.78, 5) is 0. The van der Waals surface area contributed by atoms with Gasteiger partial charge in [0.05, 0.1) is 13.2 Å². The molecule has 1 heterocycles. The number of hydrogen-bond acceptors (Lipinski definition) is 3. The highest BCUT2D eigenvalue weighted by atomic mass is 19.2. The largest absolute Gasteiger partial charge is 0.373 e. The molecular weight excluding hydrogens is 345 g/mol. The molecule has 1 saturated heterocycles. The Bertz CT molecular complexity index is 557. The Morgan fingerprint density at radius 1 is 1.00 bits per heavy atom. The van der Waals surface area contributed by atoms with E-state index in [1.165, 1.54) is 0 Å². The molecule has 1 aromatic carbocycles. The van der Waals surface area contributed by atoms with E-state index in [4.69, 9.17) is 14.2 Å². The Hall–Kier alpha value is -1.11. The number of hydrogen-bond donors (Lipinski definition) is 0. The van der Waals surface area contributed by atoms with Crippen LogP contribution in [0, 0.1) is 23.4 Å². The molecular formula is C20H27F3O3. The van der Waals surface area contributed by atoms with Crippen molar-refractivity contribution >= 4 is 0 Å². The SMILES string of the molecule is CCCCOC1COC(C2CCC(c3cc(F)c(F)c(F)c3)CC2)OC1. The molecule has 3 rings (SSSR count). The first kappa shape index (κ1) is 19.6. The van der Waals surface area contributed by atoms with Gasteiger partial charge in [0.2, 0.25) is 0 Å². The molecule has 0 atom stereocenters. The first-order valence-corrected chi connectivity index (χ1v) is 9.57. The lowest BCUT2D eigenvalue weighted by Crippen LogP contribution is -2.42. The number of benzene rings is 1. The third-order valence-electron chi connectivity index (χ3n) is 5.38. The van der Waals surface area contributed by atoms with Crippen LogP contribution in [0.3, 0.4) is 0 Å². The molecule has 1 aliphatic carbocycles. The summed E-state index contributed by atoms with van der Waals surface area (Å²) < 4.78 is 57.4. The fourth-order valence-electron chi connectivity index (χ4n) is 3.80. The van der Waals surface area contributed by atoms with Crippen molar-refractivity contribution in [2.45, 2.75) is 63.8 Å². The second kappa shape index (κ2) is 9.20. The molecule has 6 heteroatoms. The number of halogens is 3. The molecule has 2 aliphatic rings. The molecule has 0 radical (unpaired) electrons. The van der Waals surface area contributed by atoms with Gasteiger partial charge < -0.3 is 14.2 Å². The molecule has 0 aromatic heterocycles. The van der Waals surface area contributed by atoms with Crippen LogP contribution < -0.4 is 0 Å².